The summed E-state index contributed by atoms with van der Waals surface area (Å²) in [5.74, 6) is 0.876. The third-order valence-electron chi connectivity index (χ3n) is 3.74. The van der Waals surface area contributed by atoms with E-state index in [0.29, 0.717) is 6.04 Å². The molecule has 1 aromatic rings. The van der Waals surface area contributed by atoms with Crippen molar-refractivity contribution in [2.75, 3.05) is 19.8 Å². The third kappa shape index (κ3) is 5.75. The number of rotatable bonds is 10. The van der Waals surface area contributed by atoms with Crippen LogP contribution in [0.5, 0.6) is 0 Å². The van der Waals surface area contributed by atoms with Crippen molar-refractivity contribution in [3.05, 3.63) is 35.9 Å². The van der Waals surface area contributed by atoms with E-state index in [-0.39, 0.29) is 0 Å². The standard InChI is InChI=1S/C17H27NO/c1-2-12-18-17(16-10-11-16)14-19-13-6-9-15-7-4-3-5-8-15/h3-5,7-8,16-18H,2,6,9-14H2,1H3. The highest BCUT2D eigenvalue weighted by molar-refractivity contribution is 5.14. The summed E-state index contributed by atoms with van der Waals surface area (Å²) in [5, 5.41) is 3.61. The Morgan fingerprint density at radius 2 is 2.05 bits per heavy atom. The molecule has 1 fully saturated rings. The summed E-state index contributed by atoms with van der Waals surface area (Å²) in [4.78, 5) is 0. The average molecular weight is 261 g/mol. The number of ether oxygens (including phenoxy) is 1. The van der Waals surface area contributed by atoms with Gasteiger partial charge in [0.2, 0.25) is 0 Å². The molecule has 2 heteroatoms. The van der Waals surface area contributed by atoms with Crippen molar-refractivity contribution in [1.82, 2.24) is 5.32 Å². The van der Waals surface area contributed by atoms with Gasteiger partial charge >= 0.3 is 0 Å². The van der Waals surface area contributed by atoms with Crippen LogP contribution in [0.15, 0.2) is 30.3 Å². The topological polar surface area (TPSA) is 21.3 Å². The van der Waals surface area contributed by atoms with Crippen LogP contribution in [-0.4, -0.2) is 25.8 Å². The first-order valence-electron chi connectivity index (χ1n) is 7.75. The molecule has 0 aromatic heterocycles. The maximum absolute atomic E-state index is 5.85. The van der Waals surface area contributed by atoms with E-state index in [1.54, 1.807) is 0 Å². The van der Waals surface area contributed by atoms with Crippen molar-refractivity contribution in [2.45, 2.75) is 45.1 Å². The predicted octanol–water partition coefficient (Wildman–Crippen LogP) is 3.41. The molecule has 0 saturated heterocycles. The number of benzene rings is 1. The fourth-order valence-corrected chi connectivity index (χ4v) is 2.42. The van der Waals surface area contributed by atoms with E-state index in [1.165, 1.54) is 24.8 Å². The van der Waals surface area contributed by atoms with E-state index in [4.69, 9.17) is 4.74 Å². The largest absolute Gasteiger partial charge is 0.380 e. The molecule has 1 atom stereocenters. The van der Waals surface area contributed by atoms with Gasteiger partial charge in [0.15, 0.2) is 0 Å². The molecule has 1 aliphatic carbocycles. The summed E-state index contributed by atoms with van der Waals surface area (Å²) in [6.45, 7) is 5.11. The van der Waals surface area contributed by atoms with Crippen LogP contribution in [0.2, 0.25) is 0 Å². The molecule has 2 nitrogen and oxygen atoms in total. The molecule has 1 unspecified atom stereocenters. The van der Waals surface area contributed by atoms with Gasteiger partial charge in [-0.05, 0) is 50.1 Å². The Hall–Kier alpha value is -0.860. The van der Waals surface area contributed by atoms with Crippen molar-refractivity contribution in [3.63, 3.8) is 0 Å². The molecule has 0 radical (unpaired) electrons. The van der Waals surface area contributed by atoms with Crippen molar-refractivity contribution >= 4 is 0 Å². The Morgan fingerprint density at radius 3 is 2.74 bits per heavy atom. The predicted molar refractivity (Wildman–Crippen MR) is 80.4 cm³/mol. The fourth-order valence-electron chi connectivity index (χ4n) is 2.42. The monoisotopic (exact) mass is 261 g/mol. The van der Waals surface area contributed by atoms with E-state index in [0.717, 1.165) is 38.5 Å². The minimum Gasteiger partial charge on any atom is -0.380 e. The molecule has 19 heavy (non-hydrogen) atoms. The summed E-state index contributed by atoms with van der Waals surface area (Å²) in [6, 6.07) is 11.3. The van der Waals surface area contributed by atoms with Gasteiger partial charge < -0.3 is 10.1 Å². The molecule has 1 N–H and O–H groups in total. The first-order chi connectivity index (χ1) is 9.40. The lowest BCUT2D eigenvalue weighted by molar-refractivity contribution is 0.103. The van der Waals surface area contributed by atoms with Gasteiger partial charge in [0, 0.05) is 12.6 Å². The quantitative estimate of drug-likeness (QED) is 0.652. The molecule has 0 bridgehead atoms. The van der Waals surface area contributed by atoms with E-state index >= 15 is 0 Å². The highest BCUT2D eigenvalue weighted by Gasteiger charge is 2.30. The van der Waals surface area contributed by atoms with Crippen molar-refractivity contribution in [2.24, 2.45) is 5.92 Å². The first-order valence-corrected chi connectivity index (χ1v) is 7.75. The maximum Gasteiger partial charge on any atom is 0.0622 e. The molecule has 0 aliphatic heterocycles. The summed E-state index contributed by atoms with van der Waals surface area (Å²) >= 11 is 0. The van der Waals surface area contributed by atoms with Gasteiger partial charge in [-0.2, -0.15) is 0 Å². The van der Waals surface area contributed by atoms with Gasteiger partial charge in [0.05, 0.1) is 6.61 Å². The highest BCUT2D eigenvalue weighted by atomic mass is 16.5. The molecule has 0 amide bonds. The molecular weight excluding hydrogens is 234 g/mol. The summed E-state index contributed by atoms with van der Waals surface area (Å²) in [6.07, 6.45) is 6.22. The van der Waals surface area contributed by atoms with E-state index < -0.39 is 0 Å². The van der Waals surface area contributed by atoms with Crippen molar-refractivity contribution < 1.29 is 4.74 Å². The van der Waals surface area contributed by atoms with Crippen LogP contribution in [0.1, 0.15) is 38.2 Å². The number of hydrogen-bond acceptors (Lipinski definition) is 2. The Balaban J connectivity index is 1.55. The van der Waals surface area contributed by atoms with Crippen LogP contribution in [0.25, 0.3) is 0 Å². The lowest BCUT2D eigenvalue weighted by atomic mass is 10.1. The van der Waals surface area contributed by atoms with Gasteiger partial charge in [-0.3, -0.25) is 0 Å². The second-order valence-corrected chi connectivity index (χ2v) is 5.56. The molecule has 1 aromatic carbocycles. The number of aryl methyl sites for hydroxylation is 1. The molecular formula is C17H27NO. The smallest absolute Gasteiger partial charge is 0.0622 e. The second-order valence-electron chi connectivity index (χ2n) is 5.56. The molecule has 0 heterocycles. The molecule has 106 valence electrons. The SMILES string of the molecule is CCCNC(COCCCc1ccccc1)C1CC1. The third-order valence-corrected chi connectivity index (χ3v) is 3.74. The van der Waals surface area contributed by atoms with Crippen molar-refractivity contribution in [1.29, 1.82) is 0 Å². The summed E-state index contributed by atoms with van der Waals surface area (Å²) < 4.78 is 5.85. The maximum atomic E-state index is 5.85. The second kappa shape index (κ2) is 8.34. The van der Waals surface area contributed by atoms with Crippen molar-refractivity contribution in [3.8, 4) is 0 Å². The van der Waals surface area contributed by atoms with Crippen LogP contribution < -0.4 is 5.32 Å². The zero-order chi connectivity index (χ0) is 13.3. The van der Waals surface area contributed by atoms with Crippen LogP contribution in [0, 0.1) is 5.92 Å². The minimum absolute atomic E-state index is 0.594. The Labute approximate surface area is 117 Å². The Kier molecular flexibility index (Phi) is 6.38. The summed E-state index contributed by atoms with van der Waals surface area (Å²) in [5.41, 5.74) is 1.41. The summed E-state index contributed by atoms with van der Waals surface area (Å²) in [7, 11) is 0. The number of nitrogens with one attached hydrogen (secondary N) is 1. The Morgan fingerprint density at radius 1 is 1.26 bits per heavy atom. The van der Waals surface area contributed by atoms with Gasteiger partial charge in [0.1, 0.15) is 0 Å². The molecule has 1 saturated carbocycles. The van der Waals surface area contributed by atoms with Crippen LogP contribution in [0.3, 0.4) is 0 Å². The lowest BCUT2D eigenvalue weighted by Gasteiger charge is -2.18. The van der Waals surface area contributed by atoms with Crippen LogP contribution >= 0.6 is 0 Å². The zero-order valence-corrected chi connectivity index (χ0v) is 12.1. The highest BCUT2D eigenvalue weighted by Crippen LogP contribution is 2.32. The van der Waals surface area contributed by atoms with Gasteiger partial charge in [0.25, 0.3) is 0 Å². The van der Waals surface area contributed by atoms with E-state index in [9.17, 15) is 0 Å². The minimum atomic E-state index is 0.594. The van der Waals surface area contributed by atoms with Gasteiger partial charge in [-0.15, -0.1) is 0 Å². The molecule has 1 aliphatic rings. The van der Waals surface area contributed by atoms with Gasteiger partial charge in [-0.1, -0.05) is 37.3 Å². The number of hydrogen-bond donors (Lipinski definition) is 1. The van der Waals surface area contributed by atoms with Gasteiger partial charge in [-0.25, -0.2) is 0 Å². The fraction of sp³-hybridized carbons (Fsp3) is 0.647. The van der Waals surface area contributed by atoms with E-state index in [2.05, 4.69) is 42.6 Å². The molecule has 2 rings (SSSR count). The average Bonchev–Trinajstić information content (AvgIpc) is 3.27. The zero-order valence-electron chi connectivity index (χ0n) is 12.1. The lowest BCUT2D eigenvalue weighted by Crippen LogP contribution is -2.36. The van der Waals surface area contributed by atoms with E-state index in [1.807, 2.05) is 0 Å². The van der Waals surface area contributed by atoms with Crippen LogP contribution in [0.4, 0.5) is 0 Å². The normalized spacial score (nSPS) is 16.5. The van der Waals surface area contributed by atoms with Crippen LogP contribution in [-0.2, 0) is 11.2 Å². The molecule has 0 spiro atoms. The first kappa shape index (κ1) is 14.5. The Bertz CT molecular complexity index is 334.